The van der Waals surface area contributed by atoms with Crippen LogP contribution in [0, 0.1) is 6.92 Å². The van der Waals surface area contributed by atoms with Crippen molar-refractivity contribution in [2.45, 2.75) is 6.92 Å². The highest BCUT2D eigenvalue weighted by Gasteiger charge is 2.07. The average Bonchev–Trinajstić information content (AvgIpc) is 3.04. The van der Waals surface area contributed by atoms with Crippen LogP contribution in [0.15, 0.2) is 64.2 Å². The number of carbonyl (C=O) groups is 1. The summed E-state index contributed by atoms with van der Waals surface area (Å²) < 4.78 is 5.66. The largest absolute Gasteiger partial charge is 0.455 e. The number of benzene rings is 1. The SMILES string of the molecule is Cc1ccc(C(=O)NN=Cc2ccc(-c3ccccc3Cl)o2)cn1. The molecule has 120 valence electrons. The maximum atomic E-state index is 11.9. The number of halogens is 1. The highest BCUT2D eigenvalue weighted by atomic mass is 35.5. The molecule has 0 aliphatic rings. The first-order chi connectivity index (χ1) is 11.6. The molecule has 0 aliphatic heterocycles. The predicted octanol–water partition coefficient (Wildman–Crippen LogP) is 4.07. The van der Waals surface area contributed by atoms with Crippen LogP contribution in [-0.4, -0.2) is 17.1 Å². The fourth-order valence-electron chi connectivity index (χ4n) is 2.05. The zero-order valence-electron chi connectivity index (χ0n) is 12.9. The number of hydrazone groups is 1. The van der Waals surface area contributed by atoms with Crippen LogP contribution in [-0.2, 0) is 0 Å². The third kappa shape index (κ3) is 3.70. The van der Waals surface area contributed by atoms with E-state index < -0.39 is 0 Å². The van der Waals surface area contributed by atoms with Gasteiger partial charge in [0.05, 0.1) is 16.8 Å². The van der Waals surface area contributed by atoms with Crippen molar-refractivity contribution in [1.29, 1.82) is 0 Å². The normalized spacial score (nSPS) is 10.9. The third-order valence-corrected chi connectivity index (χ3v) is 3.63. The lowest BCUT2D eigenvalue weighted by Crippen LogP contribution is -2.17. The van der Waals surface area contributed by atoms with Gasteiger partial charge in [0.25, 0.3) is 5.91 Å². The van der Waals surface area contributed by atoms with Crippen LogP contribution >= 0.6 is 11.6 Å². The van der Waals surface area contributed by atoms with Gasteiger partial charge in [-0.3, -0.25) is 9.78 Å². The molecule has 3 aromatic rings. The Hall–Kier alpha value is -2.92. The summed E-state index contributed by atoms with van der Waals surface area (Å²) in [6.07, 6.45) is 2.93. The molecule has 1 N–H and O–H groups in total. The number of hydrogen-bond acceptors (Lipinski definition) is 4. The number of carbonyl (C=O) groups excluding carboxylic acids is 1. The topological polar surface area (TPSA) is 67.5 Å². The number of nitrogens with zero attached hydrogens (tertiary/aromatic N) is 2. The van der Waals surface area contributed by atoms with Crippen LogP contribution in [0.1, 0.15) is 21.8 Å². The van der Waals surface area contributed by atoms with E-state index in [1.54, 1.807) is 30.3 Å². The van der Waals surface area contributed by atoms with Crippen LogP contribution < -0.4 is 5.43 Å². The van der Waals surface area contributed by atoms with Gasteiger partial charge in [-0.15, -0.1) is 0 Å². The number of aryl methyl sites for hydroxylation is 1. The Morgan fingerprint density at radius 3 is 2.79 bits per heavy atom. The molecule has 0 saturated heterocycles. The summed E-state index contributed by atoms with van der Waals surface area (Å²) in [5.74, 6) is 0.806. The number of hydrogen-bond donors (Lipinski definition) is 1. The monoisotopic (exact) mass is 339 g/mol. The van der Waals surface area contributed by atoms with Crippen LogP contribution in [0.2, 0.25) is 5.02 Å². The van der Waals surface area contributed by atoms with Gasteiger partial charge in [-0.05, 0) is 43.3 Å². The Kier molecular flexibility index (Phi) is 4.72. The minimum atomic E-state index is -0.336. The predicted molar refractivity (Wildman–Crippen MR) is 93.2 cm³/mol. The van der Waals surface area contributed by atoms with Crippen LogP contribution in [0.4, 0.5) is 0 Å². The fraction of sp³-hybridized carbons (Fsp3) is 0.0556. The molecule has 0 bridgehead atoms. The molecule has 0 radical (unpaired) electrons. The van der Waals surface area contributed by atoms with E-state index in [9.17, 15) is 4.79 Å². The van der Waals surface area contributed by atoms with Crippen LogP contribution in [0.3, 0.4) is 0 Å². The third-order valence-electron chi connectivity index (χ3n) is 3.30. The lowest BCUT2D eigenvalue weighted by Gasteiger charge is -1.99. The first-order valence-corrected chi connectivity index (χ1v) is 7.62. The lowest BCUT2D eigenvalue weighted by atomic mass is 10.2. The van der Waals surface area contributed by atoms with Gasteiger partial charge in [0.1, 0.15) is 11.5 Å². The summed E-state index contributed by atoms with van der Waals surface area (Å²) in [5.41, 5.74) is 4.52. The van der Waals surface area contributed by atoms with Crippen molar-refractivity contribution in [3.63, 3.8) is 0 Å². The molecule has 24 heavy (non-hydrogen) atoms. The molecule has 2 heterocycles. The van der Waals surface area contributed by atoms with E-state index in [1.165, 1.54) is 12.4 Å². The molecule has 1 aromatic carbocycles. The smallest absolute Gasteiger partial charge is 0.272 e. The molecule has 0 atom stereocenters. The zero-order chi connectivity index (χ0) is 16.9. The second kappa shape index (κ2) is 7.10. The molecule has 0 saturated carbocycles. The van der Waals surface area contributed by atoms with Gasteiger partial charge in [-0.1, -0.05) is 23.7 Å². The fourth-order valence-corrected chi connectivity index (χ4v) is 2.28. The van der Waals surface area contributed by atoms with Crippen LogP contribution in [0.25, 0.3) is 11.3 Å². The Morgan fingerprint density at radius 2 is 2.04 bits per heavy atom. The van der Waals surface area contributed by atoms with E-state index in [-0.39, 0.29) is 5.91 Å². The van der Waals surface area contributed by atoms with Crippen molar-refractivity contribution >= 4 is 23.7 Å². The van der Waals surface area contributed by atoms with Gasteiger partial charge in [0, 0.05) is 17.5 Å². The maximum absolute atomic E-state index is 11.9. The van der Waals surface area contributed by atoms with E-state index in [1.807, 2.05) is 25.1 Å². The van der Waals surface area contributed by atoms with Crippen molar-refractivity contribution in [1.82, 2.24) is 10.4 Å². The van der Waals surface area contributed by atoms with E-state index in [4.69, 9.17) is 16.0 Å². The maximum Gasteiger partial charge on any atom is 0.272 e. The summed E-state index contributed by atoms with van der Waals surface area (Å²) >= 11 is 6.14. The zero-order valence-corrected chi connectivity index (χ0v) is 13.6. The molecule has 6 heteroatoms. The van der Waals surface area contributed by atoms with Gasteiger partial charge in [-0.2, -0.15) is 5.10 Å². The number of pyridine rings is 1. The van der Waals surface area contributed by atoms with Gasteiger partial charge in [-0.25, -0.2) is 5.43 Å². The molecule has 3 rings (SSSR count). The summed E-state index contributed by atoms with van der Waals surface area (Å²) in [5, 5.41) is 4.50. The first-order valence-electron chi connectivity index (χ1n) is 7.24. The Morgan fingerprint density at radius 1 is 1.21 bits per heavy atom. The molecular formula is C18H14ClN3O2. The highest BCUT2D eigenvalue weighted by Crippen LogP contribution is 2.28. The summed E-state index contributed by atoms with van der Waals surface area (Å²) in [6.45, 7) is 1.85. The van der Waals surface area contributed by atoms with E-state index in [2.05, 4.69) is 15.5 Å². The molecule has 0 aliphatic carbocycles. The number of rotatable bonds is 4. The average molecular weight is 340 g/mol. The second-order valence-electron chi connectivity index (χ2n) is 5.07. The van der Waals surface area contributed by atoms with E-state index in [0.717, 1.165) is 11.3 Å². The first kappa shape index (κ1) is 16.0. The molecule has 1 amide bonds. The van der Waals surface area contributed by atoms with Crippen molar-refractivity contribution in [2.24, 2.45) is 5.10 Å². The minimum absolute atomic E-state index is 0.336. The second-order valence-corrected chi connectivity index (χ2v) is 5.48. The van der Waals surface area contributed by atoms with E-state index in [0.29, 0.717) is 22.1 Å². The number of amides is 1. The van der Waals surface area contributed by atoms with Crippen molar-refractivity contribution < 1.29 is 9.21 Å². The lowest BCUT2D eigenvalue weighted by molar-refractivity contribution is 0.0954. The molecule has 0 fully saturated rings. The van der Waals surface area contributed by atoms with Gasteiger partial charge >= 0.3 is 0 Å². The van der Waals surface area contributed by atoms with Crippen molar-refractivity contribution in [3.05, 3.63) is 76.8 Å². The molecule has 0 unspecified atom stereocenters. The minimum Gasteiger partial charge on any atom is -0.455 e. The van der Waals surface area contributed by atoms with Gasteiger partial charge in [0.2, 0.25) is 0 Å². The van der Waals surface area contributed by atoms with Crippen LogP contribution in [0.5, 0.6) is 0 Å². The Bertz CT molecular complexity index is 885. The Balaban J connectivity index is 1.66. The number of furan rings is 1. The standard InChI is InChI=1S/C18H14ClN3O2/c1-12-6-7-13(10-20-12)18(23)22-21-11-14-8-9-17(24-14)15-4-2-3-5-16(15)19/h2-11H,1H3,(H,22,23). The highest BCUT2D eigenvalue weighted by molar-refractivity contribution is 6.33. The molecule has 5 nitrogen and oxygen atoms in total. The summed E-state index contributed by atoms with van der Waals surface area (Å²) in [7, 11) is 0. The number of aromatic nitrogens is 1. The van der Waals surface area contributed by atoms with Gasteiger partial charge in [0.15, 0.2) is 0 Å². The van der Waals surface area contributed by atoms with E-state index >= 15 is 0 Å². The van der Waals surface area contributed by atoms with Crippen molar-refractivity contribution in [2.75, 3.05) is 0 Å². The quantitative estimate of drug-likeness (QED) is 0.575. The summed E-state index contributed by atoms with van der Waals surface area (Å²) in [4.78, 5) is 16.0. The molecule has 0 spiro atoms. The molecule has 2 aromatic heterocycles. The Labute approximate surface area is 144 Å². The van der Waals surface area contributed by atoms with Crippen molar-refractivity contribution in [3.8, 4) is 11.3 Å². The number of nitrogens with one attached hydrogen (secondary N) is 1. The van der Waals surface area contributed by atoms with Gasteiger partial charge < -0.3 is 4.42 Å². The summed E-state index contributed by atoms with van der Waals surface area (Å²) in [6, 6.07) is 14.4. The molecular weight excluding hydrogens is 326 g/mol.